The van der Waals surface area contributed by atoms with E-state index >= 15 is 0 Å². The molecule has 3 aromatic rings. The van der Waals surface area contributed by atoms with Gasteiger partial charge >= 0.3 is 0 Å². The Hall–Kier alpha value is -1.98. The summed E-state index contributed by atoms with van der Waals surface area (Å²) in [4.78, 5) is 4.46. The Labute approximate surface area is 185 Å². The summed E-state index contributed by atoms with van der Waals surface area (Å²) >= 11 is 12.9. The maximum absolute atomic E-state index is 14.4. The zero-order valence-corrected chi connectivity index (χ0v) is 17.9. The molecule has 2 nitrogen and oxygen atoms in total. The topological polar surface area (TPSA) is 6.48 Å². The van der Waals surface area contributed by atoms with Gasteiger partial charge in [-0.2, -0.15) is 0 Å². The first kappa shape index (κ1) is 21.3. The zero-order chi connectivity index (χ0) is 21.1. The first-order valence-corrected chi connectivity index (χ1v) is 10.7. The van der Waals surface area contributed by atoms with E-state index < -0.39 is 0 Å². The van der Waals surface area contributed by atoms with E-state index in [0.29, 0.717) is 28.7 Å². The van der Waals surface area contributed by atoms with Crippen molar-refractivity contribution in [3.63, 3.8) is 0 Å². The number of rotatable bonds is 5. The van der Waals surface area contributed by atoms with Crippen LogP contribution in [-0.2, 0) is 13.1 Å². The van der Waals surface area contributed by atoms with Gasteiger partial charge in [-0.1, -0.05) is 65.7 Å². The summed E-state index contributed by atoms with van der Waals surface area (Å²) in [5, 5.41) is 1.07. The van der Waals surface area contributed by atoms with Crippen molar-refractivity contribution in [3.05, 3.63) is 105 Å². The summed E-state index contributed by atoms with van der Waals surface area (Å²) in [5.41, 5.74) is 2.44. The van der Waals surface area contributed by atoms with Gasteiger partial charge in [0.25, 0.3) is 0 Å². The van der Waals surface area contributed by atoms with E-state index in [1.54, 1.807) is 18.2 Å². The number of benzene rings is 3. The molecule has 1 fully saturated rings. The Balaban J connectivity index is 1.71. The predicted octanol–water partition coefficient (Wildman–Crippen LogP) is 6.68. The zero-order valence-electron chi connectivity index (χ0n) is 16.4. The Morgan fingerprint density at radius 3 is 2.07 bits per heavy atom. The van der Waals surface area contributed by atoms with E-state index in [-0.39, 0.29) is 17.8 Å². The lowest BCUT2D eigenvalue weighted by Crippen LogP contribution is -2.47. The lowest BCUT2D eigenvalue weighted by Gasteiger charge is -2.44. The monoisotopic (exact) mass is 446 g/mol. The van der Waals surface area contributed by atoms with Crippen molar-refractivity contribution in [1.29, 1.82) is 0 Å². The molecule has 1 unspecified atom stereocenters. The van der Waals surface area contributed by atoms with Gasteiger partial charge in [0.15, 0.2) is 0 Å². The summed E-state index contributed by atoms with van der Waals surface area (Å²) in [7, 11) is 0. The second kappa shape index (κ2) is 9.44. The van der Waals surface area contributed by atoms with Gasteiger partial charge in [-0.3, -0.25) is 9.80 Å². The Morgan fingerprint density at radius 1 is 0.767 bits per heavy atom. The van der Waals surface area contributed by atoms with Crippen molar-refractivity contribution in [1.82, 2.24) is 9.80 Å². The van der Waals surface area contributed by atoms with Crippen molar-refractivity contribution in [3.8, 4) is 0 Å². The third-order valence-corrected chi connectivity index (χ3v) is 6.18. The molecule has 4 rings (SSSR count). The number of halogens is 4. The standard InChI is InChI=1S/C24H22Cl2F2N2/c25-21-8-3-1-6-17(21)15-29-12-5-13-30(16-18-7-2-4-9-23(18)28)24(29)20-11-10-19(27)14-22(20)26/h1-4,6-11,14,24H,5,12-13,15-16H2. The lowest BCUT2D eigenvalue weighted by molar-refractivity contribution is -0.00960. The third-order valence-electron chi connectivity index (χ3n) is 5.49. The molecule has 0 saturated carbocycles. The van der Waals surface area contributed by atoms with Crippen molar-refractivity contribution in [2.24, 2.45) is 0 Å². The van der Waals surface area contributed by atoms with Crippen LogP contribution in [0.3, 0.4) is 0 Å². The molecule has 3 aromatic carbocycles. The number of nitrogens with zero attached hydrogens (tertiary/aromatic N) is 2. The Bertz CT molecular complexity index is 972. The summed E-state index contributed by atoms with van der Waals surface area (Å²) < 4.78 is 28.1. The van der Waals surface area contributed by atoms with Crippen molar-refractivity contribution in [2.75, 3.05) is 13.1 Å². The van der Waals surface area contributed by atoms with E-state index in [1.807, 2.05) is 30.3 Å². The van der Waals surface area contributed by atoms with Crippen molar-refractivity contribution < 1.29 is 8.78 Å². The molecule has 0 bridgehead atoms. The normalized spacial score (nSPS) is 17.9. The quantitative estimate of drug-likeness (QED) is 0.431. The van der Waals surface area contributed by atoms with Crippen LogP contribution in [0.15, 0.2) is 66.7 Å². The summed E-state index contributed by atoms with van der Waals surface area (Å²) in [6.07, 6.45) is 0.705. The highest BCUT2D eigenvalue weighted by Crippen LogP contribution is 2.36. The summed E-state index contributed by atoms with van der Waals surface area (Å²) in [6.45, 7) is 2.67. The van der Waals surface area contributed by atoms with Crippen LogP contribution in [0.1, 0.15) is 29.3 Å². The van der Waals surface area contributed by atoms with E-state index in [9.17, 15) is 8.78 Å². The molecule has 6 heteroatoms. The van der Waals surface area contributed by atoms with Gasteiger partial charge in [-0.05, 0) is 36.2 Å². The van der Waals surface area contributed by atoms with Gasteiger partial charge in [-0.25, -0.2) is 8.78 Å². The minimum absolute atomic E-state index is 0.220. The summed E-state index contributed by atoms with van der Waals surface area (Å²) in [5.74, 6) is -0.609. The van der Waals surface area contributed by atoms with Gasteiger partial charge in [0.05, 0.1) is 6.17 Å². The van der Waals surface area contributed by atoms with Crippen LogP contribution in [0.2, 0.25) is 10.0 Å². The largest absolute Gasteiger partial charge is 0.280 e. The second-order valence-electron chi connectivity index (χ2n) is 7.52. The highest BCUT2D eigenvalue weighted by Gasteiger charge is 2.33. The van der Waals surface area contributed by atoms with Crippen LogP contribution in [0.4, 0.5) is 8.78 Å². The fourth-order valence-electron chi connectivity index (χ4n) is 4.08. The molecule has 156 valence electrons. The van der Waals surface area contributed by atoms with Crippen LogP contribution in [0.5, 0.6) is 0 Å². The second-order valence-corrected chi connectivity index (χ2v) is 8.33. The van der Waals surface area contributed by atoms with Gasteiger partial charge < -0.3 is 0 Å². The van der Waals surface area contributed by atoms with Gasteiger partial charge in [0, 0.05) is 47.4 Å². The maximum atomic E-state index is 14.4. The Morgan fingerprint density at radius 2 is 1.40 bits per heavy atom. The molecule has 30 heavy (non-hydrogen) atoms. The molecule has 0 spiro atoms. The van der Waals surface area contributed by atoms with E-state index in [0.717, 1.165) is 30.6 Å². The fourth-order valence-corrected chi connectivity index (χ4v) is 4.54. The van der Waals surface area contributed by atoms with Gasteiger partial charge in [0.2, 0.25) is 0 Å². The van der Waals surface area contributed by atoms with Gasteiger partial charge in [0.1, 0.15) is 11.6 Å². The molecule has 1 aliphatic rings. The molecule has 0 radical (unpaired) electrons. The average molecular weight is 447 g/mol. The molecule has 0 aliphatic carbocycles. The highest BCUT2D eigenvalue weighted by atomic mass is 35.5. The first-order valence-electron chi connectivity index (χ1n) is 9.93. The fraction of sp³-hybridized carbons (Fsp3) is 0.250. The van der Waals surface area contributed by atoms with Crippen LogP contribution in [0, 0.1) is 11.6 Å². The maximum Gasteiger partial charge on any atom is 0.127 e. The van der Waals surface area contributed by atoms with Crippen LogP contribution < -0.4 is 0 Å². The number of hydrogen-bond acceptors (Lipinski definition) is 2. The van der Waals surface area contributed by atoms with E-state index in [2.05, 4.69) is 9.80 Å². The summed E-state index contributed by atoms with van der Waals surface area (Å²) in [6, 6.07) is 19.0. The van der Waals surface area contributed by atoms with Crippen LogP contribution in [0.25, 0.3) is 0 Å². The molecular formula is C24H22Cl2F2N2. The SMILES string of the molecule is Fc1ccc(C2N(Cc3ccccc3F)CCCN2Cc2ccccc2Cl)c(Cl)c1. The van der Waals surface area contributed by atoms with E-state index in [1.165, 1.54) is 18.2 Å². The van der Waals surface area contributed by atoms with Crippen molar-refractivity contribution >= 4 is 23.2 Å². The first-order chi connectivity index (χ1) is 14.5. The molecule has 1 aliphatic heterocycles. The van der Waals surface area contributed by atoms with Crippen LogP contribution >= 0.6 is 23.2 Å². The highest BCUT2D eigenvalue weighted by molar-refractivity contribution is 6.31. The molecule has 0 aromatic heterocycles. The van der Waals surface area contributed by atoms with E-state index in [4.69, 9.17) is 23.2 Å². The predicted molar refractivity (Wildman–Crippen MR) is 117 cm³/mol. The molecule has 0 N–H and O–H groups in total. The van der Waals surface area contributed by atoms with Crippen LogP contribution in [-0.4, -0.2) is 22.9 Å². The molecular weight excluding hydrogens is 425 g/mol. The third kappa shape index (κ3) is 4.68. The van der Waals surface area contributed by atoms with Crippen molar-refractivity contribution in [2.45, 2.75) is 25.7 Å². The van der Waals surface area contributed by atoms with Gasteiger partial charge in [-0.15, -0.1) is 0 Å². The smallest absolute Gasteiger partial charge is 0.127 e. The molecule has 0 amide bonds. The minimum atomic E-state index is -0.377. The molecule has 1 saturated heterocycles. The minimum Gasteiger partial charge on any atom is -0.280 e. The number of hydrogen-bond donors (Lipinski definition) is 0. The Kier molecular flexibility index (Phi) is 6.69. The average Bonchev–Trinajstić information content (AvgIpc) is 2.72. The molecule has 1 heterocycles. The molecule has 1 atom stereocenters. The lowest BCUT2D eigenvalue weighted by atomic mass is 10.0.